The van der Waals surface area contributed by atoms with Crippen LogP contribution in [0.1, 0.15) is 42.0 Å². The molecule has 0 aliphatic carbocycles. The molecule has 0 unspecified atom stereocenters. The minimum atomic E-state index is -4.72. The van der Waals surface area contributed by atoms with Crippen molar-refractivity contribution in [1.82, 2.24) is 0 Å². The number of hydrogen-bond donors (Lipinski definition) is 0. The summed E-state index contributed by atoms with van der Waals surface area (Å²) >= 11 is 6.17. The van der Waals surface area contributed by atoms with Gasteiger partial charge < -0.3 is 4.74 Å². The number of benzene rings is 3. The fourth-order valence-corrected chi connectivity index (χ4v) is 6.51. The Labute approximate surface area is 235 Å². The molecule has 4 rings (SSSR count). The van der Waals surface area contributed by atoms with Gasteiger partial charge in [0.05, 0.1) is 28.3 Å². The zero-order valence-corrected chi connectivity index (χ0v) is 23.2. The Hall–Kier alpha value is -3.37. The molecule has 0 fully saturated rings. The molecule has 1 aliphatic rings. The number of esters is 1. The van der Waals surface area contributed by atoms with Crippen molar-refractivity contribution < 1.29 is 35.5 Å². The molecular weight excluding hydrogens is 570 g/mol. The van der Waals surface area contributed by atoms with Crippen molar-refractivity contribution in [2.75, 3.05) is 18.0 Å². The van der Waals surface area contributed by atoms with Gasteiger partial charge in [0.2, 0.25) is 0 Å². The van der Waals surface area contributed by atoms with E-state index in [9.17, 15) is 30.8 Å². The third-order valence-electron chi connectivity index (χ3n) is 6.84. The van der Waals surface area contributed by atoms with E-state index in [1.54, 1.807) is 37.3 Å². The van der Waals surface area contributed by atoms with Gasteiger partial charge in [-0.05, 0) is 84.9 Å². The SMILES string of the molecule is COC(=O)CC[C@@H]1Cc2ccc(/C(C)=C/c3c(F)cccc3Cl)cc2N(S(=O)(=O)c2cccc(C(F)(F)F)c2)C1. The molecule has 5 nitrogen and oxygen atoms in total. The standard InChI is InChI=1S/C29H26ClF4NO4S/c1-18(13-24-25(30)7-4-8-26(24)31)20-10-11-21-14-19(9-12-28(36)39-2)17-35(27(21)15-20)40(37,38)23-6-3-5-22(16-23)29(32,33)34/h3-8,10-11,13,15-16,19H,9,12,14,17H2,1-2H3/b18-13+/t19-/m1/s1. The van der Waals surface area contributed by atoms with Crippen LogP contribution in [0.15, 0.2) is 65.6 Å². The fourth-order valence-electron chi connectivity index (χ4n) is 4.68. The van der Waals surface area contributed by atoms with Crippen molar-refractivity contribution in [2.45, 2.75) is 37.3 Å². The molecule has 0 saturated carbocycles. The lowest BCUT2D eigenvalue weighted by atomic mass is 9.89. The van der Waals surface area contributed by atoms with Crippen LogP contribution in [-0.4, -0.2) is 28.0 Å². The number of alkyl halides is 3. The summed E-state index contributed by atoms with van der Waals surface area (Å²) in [5.41, 5.74) is 1.22. The number of anilines is 1. The average Bonchev–Trinajstić information content (AvgIpc) is 2.92. The molecule has 1 heterocycles. The van der Waals surface area contributed by atoms with Gasteiger partial charge in [-0.25, -0.2) is 12.8 Å². The Bertz CT molecular complexity index is 1550. The second-order valence-corrected chi connectivity index (χ2v) is 11.8. The van der Waals surface area contributed by atoms with Crippen LogP contribution in [0.2, 0.25) is 5.02 Å². The van der Waals surface area contributed by atoms with Crippen molar-refractivity contribution in [3.63, 3.8) is 0 Å². The van der Waals surface area contributed by atoms with Crippen molar-refractivity contribution in [3.05, 3.63) is 93.8 Å². The van der Waals surface area contributed by atoms with Crippen molar-refractivity contribution >= 4 is 44.9 Å². The first-order chi connectivity index (χ1) is 18.8. The van der Waals surface area contributed by atoms with Gasteiger partial charge in [-0.15, -0.1) is 0 Å². The van der Waals surface area contributed by atoms with Gasteiger partial charge >= 0.3 is 12.1 Å². The predicted molar refractivity (Wildman–Crippen MR) is 146 cm³/mol. The number of allylic oxidation sites excluding steroid dienone is 1. The first-order valence-corrected chi connectivity index (χ1v) is 14.2. The number of carbonyl (C=O) groups excluding carboxylic acids is 1. The van der Waals surface area contributed by atoms with E-state index < -0.39 is 38.4 Å². The van der Waals surface area contributed by atoms with Crippen molar-refractivity contribution in [2.24, 2.45) is 5.92 Å². The summed E-state index contributed by atoms with van der Waals surface area (Å²) in [4.78, 5) is 11.2. The van der Waals surface area contributed by atoms with E-state index in [0.29, 0.717) is 41.3 Å². The number of hydrogen-bond acceptors (Lipinski definition) is 4. The van der Waals surface area contributed by atoms with E-state index in [2.05, 4.69) is 0 Å². The molecule has 0 radical (unpaired) electrons. The summed E-state index contributed by atoms with van der Waals surface area (Å²) < 4.78 is 88.0. The van der Waals surface area contributed by atoms with Crippen LogP contribution in [0, 0.1) is 11.7 Å². The summed E-state index contributed by atoms with van der Waals surface area (Å²) in [6.07, 6.45) is -2.34. The largest absolute Gasteiger partial charge is 0.469 e. The summed E-state index contributed by atoms with van der Waals surface area (Å²) in [6, 6.07) is 13.0. The van der Waals surface area contributed by atoms with Crippen LogP contribution >= 0.6 is 11.6 Å². The Morgan fingerprint density at radius 2 is 1.85 bits per heavy atom. The fraction of sp³-hybridized carbons (Fsp3) is 0.276. The highest BCUT2D eigenvalue weighted by molar-refractivity contribution is 7.92. The van der Waals surface area contributed by atoms with E-state index in [4.69, 9.17) is 16.3 Å². The van der Waals surface area contributed by atoms with Crippen LogP contribution in [0.25, 0.3) is 11.6 Å². The van der Waals surface area contributed by atoms with Crippen LogP contribution in [0.4, 0.5) is 23.2 Å². The number of rotatable bonds is 7. The lowest BCUT2D eigenvalue weighted by Crippen LogP contribution is -2.40. The number of fused-ring (bicyclic) bond motifs is 1. The van der Waals surface area contributed by atoms with Gasteiger partial charge in [-0.1, -0.05) is 35.9 Å². The average molecular weight is 596 g/mol. The zero-order valence-electron chi connectivity index (χ0n) is 21.6. The number of carbonyl (C=O) groups is 1. The van der Waals surface area contributed by atoms with Gasteiger partial charge in [-0.2, -0.15) is 13.2 Å². The van der Waals surface area contributed by atoms with E-state index in [-0.39, 0.29) is 29.5 Å². The summed E-state index contributed by atoms with van der Waals surface area (Å²) in [5.74, 6) is -1.25. The maximum absolute atomic E-state index is 14.4. The molecule has 1 atom stereocenters. The van der Waals surface area contributed by atoms with E-state index in [1.807, 2.05) is 0 Å². The van der Waals surface area contributed by atoms with E-state index >= 15 is 0 Å². The highest BCUT2D eigenvalue weighted by Gasteiger charge is 2.36. The molecule has 3 aromatic carbocycles. The Balaban J connectivity index is 1.79. The quantitative estimate of drug-likeness (QED) is 0.162. The van der Waals surface area contributed by atoms with E-state index in [0.717, 1.165) is 22.5 Å². The number of halogens is 5. The molecule has 0 bridgehead atoms. The lowest BCUT2D eigenvalue weighted by Gasteiger charge is -2.36. The normalized spacial score (nSPS) is 16.0. The highest BCUT2D eigenvalue weighted by Crippen LogP contribution is 2.39. The molecular formula is C29H26ClF4NO4S. The molecule has 0 saturated heterocycles. The molecule has 1 aliphatic heterocycles. The minimum Gasteiger partial charge on any atom is -0.469 e. The van der Waals surface area contributed by atoms with Crippen LogP contribution in [0.3, 0.4) is 0 Å². The zero-order chi connectivity index (χ0) is 29.2. The van der Waals surface area contributed by atoms with Gasteiger partial charge in [0, 0.05) is 18.5 Å². The lowest BCUT2D eigenvalue weighted by molar-refractivity contribution is -0.141. The van der Waals surface area contributed by atoms with E-state index in [1.165, 1.54) is 19.2 Å². The monoisotopic (exact) mass is 595 g/mol. The van der Waals surface area contributed by atoms with Crippen LogP contribution in [0.5, 0.6) is 0 Å². The first kappa shape index (κ1) is 29.6. The Kier molecular flexibility index (Phi) is 8.60. The second-order valence-electron chi connectivity index (χ2n) is 9.55. The van der Waals surface area contributed by atoms with Gasteiger partial charge in [-0.3, -0.25) is 9.10 Å². The maximum atomic E-state index is 14.4. The van der Waals surface area contributed by atoms with Crippen LogP contribution in [-0.2, 0) is 32.2 Å². The van der Waals surface area contributed by atoms with Gasteiger partial charge in [0.25, 0.3) is 10.0 Å². The minimum absolute atomic E-state index is 0.0477. The summed E-state index contributed by atoms with van der Waals surface area (Å²) in [7, 11) is -3.17. The summed E-state index contributed by atoms with van der Waals surface area (Å²) in [5, 5.41) is 0.208. The Morgan fingerprint density at radius 1 is 1.12 bits per heavy atom. The Morgan fingerprint density at radius 3 is 2.52 bits per heavy atom. The molecule has 40 heavy (non-hydrogen) atoms. The molecule has 3 aromatic rings. The number of ether oxygens (including phenoxy) is 1. The van der Waals surface area contributed by atoms with Crippen molar-refractivity contribution in [1.29, 1.82) is 0 Å². The third kappa shape index (κ3) is 6.33. The highest BCUT2D eigenvalue weighted by atomic mass is 35.5. The number of sulfonamides is 1. The van der Waals surface area contributed by atoms with Crippen LogP contribution < -0.4 is 4.31 Å². The molecule has 0 aromatic heterocycles. The second kappa shape index (κ2) is 11.6. The molecule has 0 amide bonds. The van der Waals surface area contributed by atoms with Gasteiger partial charge in [0.15, 0.2) is 0 Å². The molecule has 11 heteroatoms. The molecule has 0 N–H and O–H groups in total. The predicted octanol–water partition coefficient (Wildman–Crippen LogP) is 7.38. The third-order valence-corrected chi connectivity index (χ3v) is 8.94. The number of nitrogens with zero attached hydrogens (tertiary/aromatic N) is 1. The molecule has 0 spiro atoms. The maximum Gasteiger partial charge on any atom is 0.416 e. The number of methoxy groups -OCH3 is 1. The van der Waals surface area contributed by atoms with Crippen molar-refractivity contribution in [3.8, 4) is 0 Å². The molecule has 212 valence electrons. The van der Waals surface area contributed by atoms with Gasteiger partial charge in [0.1, 0.15) is 5.82 Å². The smallest absolute Gasteiger partial charge is 0.416 e. The topological polar surface area (TPSA) is 63.7 Å². The first-order valence-electron chi connectivity index (χ1n) is 12.3. The summed E-state index contributed by atoms with van der Waals surface area (Å²) in [6.45, 7) is 1.67.